The summed E-state index contributed by atoms with van der Waals surface area (Å²) in [5.74, 6) is 0. The van der Waals surface area contributed by atoms with Gasteiger partial charge in [0.25, 0.3) is 0 Å². The highest BCUT2D eigenvalue weighted by atomic mass is 16.4. The highest BCUT2D eigenvalue weighted by molar-refractivity contribution is 4.91. The van der Waals surface area contributed by atoms with E-state index in [1.165, 1.54) is 20.8 Å². The predicted octanol–water partition coefficient (Wildman–Crippen LogP) is 0.819. The predicted molar refractivity (Wildman–Crippen MR) is 40.9 cm³/mol. The van der Waals surface area contributed by atoms with Gasteiger partial charge in [-0.25, -0.2) is 0 Å². The van der Waals surface area contributed by atoms with Crippen molar-refractivity contribution < 1.29 is 10.2 Å². The fourth-order valence-electron chi connectivity index (χ4n) is 0.363. The molecule has 0 saturated heterocycles. The van der Waals surface area contributed by atoms with Gasteiger partial charge in [0.05, 0.1) is 17.7 Å². The molecule has 0 aromatic heterocycles. The normalized spacial score (nSPS) is 16.8. The average Bonchev–Trinajstić information content (AvgIpc) is 1.81. The van der Waals surface area contributed by atoms with Gasteiger partial charge in [0.1, 0.15) is 0 Å². The Kier molecular flexibility index (Phi) is 2.87. The molecule has 0 aromatic carbocycles. The monoisotopic (exact) mass is 159 g/mol. The summed E-state index contributed by atoms with van der Waals surface area (Å²) in [6.45, 7) is 4.20. The second-order valence-corrected chi connectivity index (χ2v) is 3.22. The van der Waals surface area contributed by atoms with E-state index in [4.69, 9.17) is 5.53 Å². The molecule has 1 unspecified atom stereocenters. The Hall–Kier alpha value is -0.770. The molecule has 0 heterocycles. The summed E-state index contributed by atoms with van der Waals surface area (Å²) in [5.41, 5.74) is 5.32. The van der Waals surface area contributed by atoms with Gasteiger partial charge in [-0.3, -0.25) is 0 Å². The molecule has 5 nitrogen and oxygen atoms in total. The maximum Gasteiger partial charge on any atom is 0.0956 e. The minimum Gasteiger partial charge on any atom is -0.387 e. The van der Waals surface area contributed by atoms with Crippen LogP contribution in [0.1, 0.15) is 20.8 Å². The summed E-state index contributed by atoms with van der Waals surface area (Å²) in [7, 11) is 0. The maximum atomic E-state index is 9.47. The van der Waals surface area contributed by atoms with Gasteiger partial charge in [-0.2, -0.15) is 0 Å². The number of aliphatic hydroxyl groups is 2. The van der Waals surface area contributed by atoms with Gasteiger partial charge in [-0.05, 0) is 26.3 Å². The minimum atomic E-state index is -1.38. The van der Waals surface area contributed by atoms with Crippen LogP contribution in [0.25, 0.3) is 10.4 Å². The fourth-order valence-corrected chi connectivity index (χ4v) is 0.363. The van der Waals surface area contributed by atoms with E-state index in [0.717, 1.165) is 0 Å². The van der Waals surface area contributed by atoms with Crippen LogP contribution in [0.15, 0.2) is 5.11 Å². The molecule has 0 fully saturated rings. The van der Waals surface area contributed by atoms with Crippen molar-refractivity contribution in [1.82, 2.24) is 0 Å². The van der Waals surface area contributed by atoms with Gasteiger partial charge in [0, 0.05) is 4.91 Å². The highest BCUT2D eigenvalue weighted by Crippen LogP contribution is 2.21. The summed E-state index contributed by atoms with van der Waals surface area (Å²) in [6, 6.07) is 0. The van der Waals surface area contributed by atoms with Gasteiger partial charge < -0.3 is 10.2 Å². The molecule has 64 valence electrons. The molecule has 0 aromatic rings. The van der Waals surface area contributed by atoms with Gasteiger partial charge in [-0.15, -0.1) is 0 Å². The van der Waals surface area contributed by atoms with Crippen LogP contribution in [0.5, 0.6) is 0 Å². The van der Waals surface area contributed by atoms with E-state index in [-0.39, 0.29) is 6.54 Å². The lowest BCUT2D eigenvalue weighted by Gasteiger charge is -2.34. The third-order valence-electron chi connectivity index (χ3n) is 1.76. The van der Waals surface area contributed by atoms with Crippen LogP contribution in [0.2, 0.25) is 0 Å². The number of hydrogen-bond acceptors (Lipinski definition) is 3. The van der Waals surface area contributed by atoms with Gasteiger partial charge in [0.2, 0.25) is 0 Å². The van der Waals surface area contributed by atoms with Crippen molar-refractivity contribution in [2.24, 2.45) is 5.11 Å². The van der Waals surface area contributed by atoms with Crippen molar-refractivity contribution in [2.75, 3.05) is 6.54 Å². The fraction of sp³-hybridized carbons (Fsp3) is 1.00. The van der Waals surface area contributed by atoms with Crippen LogP contribution in [-0.4, -0.2) is 28.0 Å². The van der Waals surface area contributed by atoms with Crippen LogP contribution in [0.3, 0.4) is 0 Å². The second kappa shape index (κ2) is 3.09. The zero-order valence-corrected chi connectivity index (χ0v) is 6.94. The molecule has 0 amide bonds. The molecular formula is C6H13N3O2. The molecule has 0 bridgehead atoms. The van der Waals surface area contributed by atoms with E-state index in [9.17, 15) is 10.2 Å². The van der Waals surface area contributed by atoms with Crippen LogP contribution >= 0.6 is 0 Å². The second-order valence-electron chi connectivity index (χ2n) is 3.22. The average molecular weight is 159 g/mol. The van der Waals surface area contributed by atoms with Crippen molar-refractivity contribution >= 4 is 0 Å². The largest absolute Gasteiger partial charge is 0.387 e. The van der Waals surface area contributed by atoms with Crippen LogP contribution in [0.4, 0.5) is 0 Å². The minimum absolute atomic E-state index is 0.132. The first-order chi connectivity index (χ1) is 4.81. The first kappa shape index (κ1) is 10.2. The van der Waals surface area contributed by atoms with Gasteiger partial charge in [0.15, 0.2) is 0 Å². The van der Waals surface area contributed by atoms with Crippen molar-refractivity contribution in [1.29, 1.82) is 0 Å². The Labute approximate surface area is 65.3 Å². The van der Waals surface area contributed by atoms with Gasteiger partial charge in [-0.1, -0.05) is 5.11 Å². The van der Waals surface area contributed by atoms with E-state index in [1.807, 2.05) is 0 Å². The zero-order chi connectivity index (χ0) is 9.12. The Bertz CT molecular complexity index is 177. The number of hydrogen-bond donors (Lipinski definition) is 2. The molecule has 0 aliphatic heterocycles. The van der Waals surface area contributed by atoms with E-state index in [1.54, 1.807) is 0 Å². The number of nitrogens with zero attached hydrogens (tertiary/aromatic N) is 3. The molecule has 1 atom stereocenters. The third-order valence-corrected chi connectivity index (χ3v) is 1.76. The first-order valence-electron chi connectivity index (χ1n) is 3.27. The summed E-state index contributed by atoms with van der Waals surface area (Å²) in [5, 5.41) is 22.0. The lowest BCUT2D eigenvalue weighted by molar-refractivity contribution is -0.113. The summed E-state index contributed by atoms with van der Waals surface area (Å²) in [6.07, 6.45) is 0. The SMILES string of the molecule is CC(C)(O)C(C)(O)CN=[N+]=[N-]. The van der Waals surface area contributed by atoms with Crippen LogP contribution in [0, 0.1) is 0 Å². The standard InChI is InChI=1S/C6H13N3O2/c1-5(2,10)6(3,11)4-8-9-7/h10-11H,4H2,1-3H3. The Morgan fingerprint density at radius 3 is 2.09 bits per heavy atom. The first-order valence-corrected chi connectivity index (χ1v) is 3.27. The zero-order valence-electron chi connectivity index (χ0n) is 6.94. The Morgan fingerprint density at radius 1 is 1.36 bits per heavy atom. The van der Waals surface area contributed by atoms with Crippen molar-refractivity contribution in [2.45, 2.75) is 32.0 Å². The summed E-state index contributed by atoms with van der Waals surface area (Å²) >= 11 is 0. The highest BCUT2D eigenvalue weighted by Gasteiger charge is 2.36. The maximum absolute atomic E-state index is 9.47. The van der Waals surface area contributed by atoms with E-state index in [0.29, 0.717) is 0 Å². The molecule has 2 N–H and O–H groups in total. The lowest BCUT2D eigenvalue weighted by atomic mass is 9.88. The molecule has 11 heavy (non-hydrogen) atoms. The topological polar surface area (TPSA) is 89.2 Å². The van der Waals surface area contributed by atoms with E-state index in [2.05, 4.69) is 10.0 Å². The number of azide groups is 1. The number of rotatable bonds is 3. The molecule has 0 aliphatic carbocycles. The molecule has 0 saturated carbocycles. The molecule has 5 heteroatoms. The van der Waals surface area contributed by atoms with Crippen molar-refractivity contribution in [3.05, 3.63) is 10.4 Å². The van der Waals surface area contributed by atoms with Crippen LogP contribution in [-0.2, 0) is 0 Å². The quantitative estimate of drug-likeness (QED) is 0.362. The Morgan fingerprint density at radius 2 is 1.82 bits per heavy atom. The van der Waals surface area contributed by atoms with E-state index >= 15 is 0 Å². The molecular weight excluding hydrogens is 146 g/mol. The van der Waals surface area contributed by atoms with Gasteiger partial charge >= 0.3 is 0 Å². The van der Waals surface area contributed by atoms with E-state index < -0.39 is 11.2 Å². The summed E-state index contributed by atoms with van der Waals surface area (Å²) < 4.78 is 0. The Balaban J connectivity index is 4.33. The molecule has 0 spiro atoms. The third kappa shape index (κ3) is 2.76. The molecule has 0 radical (unpaired) electrons. The van der Waals surface area contributed by atoms with Crippen molar-refractivity contribution in [3.8, 4) is 0 Å². The lowest BCUT2D eigenvalue weighted by Crippen LogP contribution is -2.49. The summed E-state index contributed by atoms with van der Waals surface area (Å²) in [4.78, 5) is 2.49. The van der Waals surface area contributed by atoms with Crippen molar-refractivity contribution in [3.63, 3.8) is 0 Å². The smallest absolute Gasteiger partial charge is 0.0956 e. The molecule has 0 aliphatic rings. The van der Waals surface area contributed by atoms with Crippen LogP contribution < -0.4 is 0 Å². The molecule has 0 rings (SSSR count).